The van der Waals surface area contributed by atoms with E-state index in [0.717, 1.165) is 39.7 Å². The first-order valence-electron chi connectivity index (χ1n) is 19.8. The lowest BCUT2D eigenvalue weighted by atomic mass is 9.82. The van der Waals surface area contributed by atoms with Gasteiger partial charge in [0.25, 0.3) is 5.91 Å². The van der Waals surface area contributed by atoms with Gasteiger partial charge >= 0.3 is 0 Å². The summed E-state index contributed by atoms with van der Waals surface area (Å²) in [5, 5.41) is 12.2. The fourth-order valence-corrected chi connectivity index (χ4v) is 14.0. The number of carbonyl (C=O) groups is 3. The van der Waals surface area contributed by atoms with Gasteiger partial charge in [-0.3, -0.25) is 19.3 Å². The second-order valence-corrected chi connectivity index (χ2v) is 21.3. The van der Waals surface area contributed by atoms with Gasteiger partial charge in [0.1, 0.15) is 5.75 Å². The Balaban J connectivity index is 1.16. The van der Waals surface area contributed by atoms with Crippen LogP contribution in [0.15, 0.2) is 121 Å². The lowest BCUT2D eigenvalue weighted by Gasteiger charge is -2.39. The molecule has 0 aliphatic carbocycles. The molecule has 5 atom stereocenters. The van der Waals surface area contributed by atoms with E-state index in [9.17, 15) is 14.7 Å². The van der Waals surface area contributed by atoms with Crippen molar-refractivity contribution >= 4 is 60.1 Å². The van der Waals surface area contributed by atoms with Gasteiger partial charge < -0.3 is 24.4 Å². The zero-order chi connectivity index (χ0) is 40.8. The number of aliphatic hydroxyl groups excluding tert-OH is 1. The van der Waals surface area contributed by atoms with Crippen molar-refractivity contribution in [3.63, 3.8) is 0 Å². The van der Waals surface area contributed by atoms with Crippen molar-refractivity contribution in [2.24, 2.45) is 5.92 Å². The summed E-state index contributed by atoms with van der Waals surface area (Å²) in [6.07, 6.45) is 0.810. The molecule has 0 unspecified atom stereocenters. The minimum atomic E-state index is -2.55. The SMILES string of the molecule is COc1ccc([Si](C)(C)[C@@H]2[C@@H](CC(=O)N3Cc4ccccc4C[C@H]3CO)O[C@]3(C(=O)N(Cc4ccc(N(C=O)c5ccccc5)cc4)c4ccc(Cl)cc43)[C@H]2C)cc1. The summed E-state index contributed by atoms with van der Waals surface area (Å²) in [4.78, 5) is 47.2. The topological polar surface area (TPSA) is 99.6 Å². The van der Waals surface area contributed by atoms with Gasteiger partial charge in [-0.05, 0) is 83.2 Å². The molecular weight excluding hydrogens is 766 g/mol. The number of anilines is 3. The molecule has 1 spiro atoms. The van der Waals surface area contributed by atoms with Crippen LogP contribution < -0.4 is 19.7 Å². The summed E-state index contributed by atoms with van der Waals surface area (Å²) in [7, 11) is -0.902. The van der Waals surface area contributed by atoms with Crippen molar-refractivity contribution < 1.29 is 29.0 Å². The Morgan fingerprint density at radius 2 is 1.62 bits per heavy atom. The zero-order valence-electron chi connectivity index (χ0n) is 33.2. The highest BCUT2D eigenvalue weighted by Gasteiger charge is 2.66. The van der Waals surface area contributed by atoms with Gasteiger partial charge in [0.2, 0.25) is 12.3 Å². The molecule has 1 saturated heterocycles. The number of hydrogen-bond donors (Lipinski definition) is 1. The van der Waals surface area contributed by atoms with Crippen molar-refractivity contribution in [3.8, 4) is 5.75 Å². The summed E-state index contributed by atoms with van der Waals surface area (Å²) in [5.74, 6) is 0.111. The molecule has 3 aliphatic heterocycles. The Morgan fingerprint density at radius 3 is 2.29 bits per heavy atom. The Kier molecular flexibility index (Phi) is 10.8. The minimum Gasteiger partial charge on any atom is -0.497 e. The Labute approximate surface area is 345 Å². The van der Waals surface area contributed by atoms with Crippen molar-refractivity contribution in [2.75, 3.05) is 23.5 Å². The third-order valence-electron chi connectivity index (χ3n) is 12.8. The molecule has 11 heteroatoms. The second-order valence-electron chi connectivity index (χ2n) is 16.2. The van der Waals surface area contributed by atoms with E-state index in [-0.39, 0.29) is 48.9 Å². The number of ether oxygens (including phenoxy) is 2. The summed E-state index contributed by atoms with van der Waals surface area (Å²) in [5.41, 5.74) is 4.37. The van der Waals surface area contributed by atoms with Crippen LogP contribution in [0.25, 0.3) is 0 Å². The molecule has 0 bridgehead atoms. The van der Waals surface area contributed by atoms with Crippen LogP contribution in [-0.4, -0.2) is 62.2 Å². The number of benzene rings is 5. The second kappa shape index (κ2) is 15.8. The van der Waals surface area contributed by atoms with E-state index in [1.54, 1.807) is 27.9 Å². The smallest absolute Gasteiger partial charge is 0.264 e. The van der Waals surface area contributed by atoms with E-state index in [4.69, 9.17) is 21.1 Å². The molecule has 1 fully saturated rings. The van der Waals surface area contributed by atoms with Crippen LogP contribution in [0.2, 0.25) is 23.7 Å². The van der Waals surface area contributed by atoms with Gasteiger partial charge in [0, 0.05) is 34.4 Å². The summed E-state index contributed by atoms with van der Waals surface area (Å²) in [6, 6.07) is 38.4. The maximum absolute atomic E-state index is 15.4. The lowest BCUT2D eigenvalue weighted by Crippen LogP contribution is -2.52. The third kappa shape index (κ3) is 6.81. The number of amides is 3. The molecule has 3 aliphatic rings. The Morgan fingerprint density at radius 1 is 0.948 bits per heavy atom. The van der Waals surface area contributed by atoms with Gasteiger partial charge in [0.05, 0.1) is 52.6 Å². The molecule has 3 heterocycles. The number of methoxy groups -OCH3 is 1. The summed E-state index contributed by atoms with van der Waals surface area (Å²) >= 11 is 6.74. The number of fused-ring (bicyclic) bond motifs is 3. The number of hydrogen-bond acceptors (Lipinski definition) is 6. The van der Waals surface area contributed by atoms with Gasteiger partial charge in [-0.2, -0.15) is 0 Å². The summed E-state index contributed by atoms with van der Waals surface area (Å²) in [6.45, 7) is 7.19. The predicted octanol–water partition coefficient (Wildman–Crippen LogP) is 7.74. The van der Waals surface area contributed by atoms with Gasteiger partial charge in [-0.15, -0.1) is 0 Å². The number of halogens is 1. The Bertz CT molecular complexity index is 2320. The molecule has 3 amide bonds. The normalized spacial score (nSPS) is 22.5. The molecule has 5 aromatic carbocycles. The Hall–Kier alpha value is -5.26. The number of carbonyl (C=O) groups excluding carboxylic acids is 3. The van der Waals surface area contributed by atoms with E-state index >= 15 is 4.79 Å². The van der Waals surface area contributed by atoms with Crippen LogP contribution in [0.5, 0.6) is 5.75 Å². The van der Waals surface area contributed by atoms with E-state index in [0.29, 0.717) is 34.9 Å². The first-order chi connectivity index (χ1) is 28.0. The lowest BCUT2D eigenvalue weighted by molar-refractivity contribution is -0.151. The molecule has 1 N–H and O–H groups in total. The van der Waals surface area contributed by atoms with E-state index in [1.165, 1.54) is 0 Å². The van der Waals surface area contributed by atoms with E-state index < -0.39 is 19.8 Å². The maximum Gasteiger partial charge on any atom is 0.264 e. The molecule has 5 aromatic rings. The molecule has 298 valence electrons. The minimum absolute atomic E-state index is 0.0568. The van der Waals surface area contributed by atoms with Gasteiger partial charge in [-0.1, -0.05) is 104 Å². The first kappa shape index (κ1) is 39.6. The van der Waals surface area contributed by atoms with Crippen LogP contribution >= 0.6 is 11.6 Å². The number of rotatable bonds is 11. The molecule has 8 rings (SSSR count). The van der Waals surface area contributed by atoms with Crippen LogP contribution in [0.1, 0.15) is 35.6 Å². The predicted molar refractivity (Wildman–Crippen MR) is 229 cm³/mol. The van der Waals surface area contributed by atoms with Crippen molar-refractivity contribution in [1.82, 2.24) is 4.90 Å². The molecular formula is C47H48ClN3O6Si. The molecule has 0 radical (unpaired) electrons. The number of nitrogens with zero attached hydrogens (tertiary/aromatic N) is 3. The summed E-state index contributed by atoms with van der Waals surface area (Å²) < 4.78 is 12.8. The van der Waals surface area contributed by atoms with E-state index in [1.807, 2.05) is 97.1 Å². The fourth-order valence-electron chi connectivity index (χ4n) is 9.78. The first-order valence-corrected chi connectivity index (χ1v) is 23.3. The molecule has 9 nitrogen and oxygen atoms in total. The average Bonchev–Trinajstić information content (AvgIpc) is 3.66. The van der Waals surface area contributed by atoms with Crippen molar-refractivity contribution in [3.05, 3.63) is 149 Å². The molecule has 0 saturated carbocycles. The van der Waals surface area contributed by atoms with Crippen molar-refractivity contribution in [1.29, 1.82) is 0 Å². The van der Waals surface area contributed by atoms with E-state index in [2.05, 4.69) is 38.2 Å². The highest BCUT2D eigenvalue weighted by atomic mass is 35.5. The van der Waals surface area contributed by atoms with Crippen LogP contribution in [0, 0.1) is 5.92 Å². The zero-order valence-corrected chi connectivity index (χ0v) is 34.9. The largest absolute Gasteiger partial charge is 0.497 e. The highest BCUT2D eigenvalue weighted by Crippen LogP contribution is 2.60. The van der Waals surface area contributed by atoms with Crippen LogP contribution in [-0.2, 0) is 44.2 Å². The van der Waals surface area contributed by atoms with Crippen LogP contribution in [0.4, 0.5) is 17.1 Å². The quantitative estimate of drug-likeness (QED) is 0.108. The number of aliphatic hydroxyl groups is 1. The monoisotopic (exact) mass is 813 g/mol. The van der Waals surface area contributed by atoms with Crippen molar-refractivity contribution in [2.45, 2.75) is 69.2 Å². The average molecular weight is 814 g/mol. The standard InChI is InChI=1S/C47H48ClN3O6Si/c1-31-45(58(3,4)40-21-19-39(56-2)20-22-40)43(26-44(54)49-28-34-11-9-8-10-33(34)24-38(49)29-52)57-47(31)41-25-35(48)16-23-42(41)50(46(47)55)27-32-14-17-37(18-15-32)51(30-53)36-12-6-5-7-13-36/h5-23,25,30-31,38,43,45,52H,24,26-29H2,1-4H3/t31-,38-,43+,45-,47+/m0/s1. The van der Waals surface area contributed by atoms with Gasteiger partial charge in [-0.25, -0.2) is 0 Å². The fraction of sp³-hybridized carbons (Fsp3) is 0.298. The maximum atomic E-state index is 15.4. The third-order valence-corrected chi connectivity index (χ3v) is 17.3. The van der Waals surface area contributed by atoms with Crippen LogP contribution in [0.3, 0.4) is 0 Å². The van der Waals surface area contributed by atoms with Gasteiger partial charge in [0.15, 0.2) is 5.60 Å². The highest BCUT2D eigenvalue weighted by molar-refractivity contribution is 6.91. The number of para-hydroxylation sites is 1. The molecule has 58 heavy (non-hydrogen) atoms. The molecule has 0 aromatic heterocycles.